The Balaban J connectivity index is 1.66. The van der Waals surface area contributed by atoms with E-state index in [1.807, 2.05) is 25.1 Å². The van der Waals surface area contributed by atoms with Crippen LogP contribution in [-0.2, 0) is 0 Å². The molecule has 112 valence electrons. The molecule has 0 spiro atoms. The molecule has 2 amide bonds. The summed E-state index contributed by atoms with van der Waals surface area (Å²) in [7, 11) is 0. The first-order valence-electron chi connectivity index (χ1n) is 6.75. The molecule has 0 aliphatic rings. The number of hydrogen-bond donors (Lipinski definition) is 3. The van der Waals surface area contributed by atoms with Crippen molar-refractivity contribution in [3.05, 3.63) is 53.1 Å². The third-order valence-corrected chi connectivity index (χ3v) is 3.51. The summed E-state index contributed by atoms with van der Waals surface area (Å²) in [6.45, 7) is 1.89. The highest BCUT2D eigenvalue weighted by Gasteiger charge is 2.10. The van der Waals surface area contributed by atoms with Crippen molar-refractivity contribution in [1.82, 2.24) is 20.7 Å². The molecule has 0 radical (unpaired) electrons. The fourth-order valence-electron chi connectivity index (χ4n) is 2.14. The Morgan fingerprint density at radius 3 is 2.82 bits per heavy atom. The quantitative estimate of drug-likeness (QED) is 0.692. The number of carbonyl (C=O) groups excluding carboxylic acids is 1. The van der Waals surface area contributed by atoms with E-state index in [1.165, 1.54) is 0 Å². The van der Waals surface area contributed by atoms with Crippen molar-refractivity contribution < 1.29 is 4.79 Å². The zero-order valence-electron chi connectivity index (χ0n) is 11.8. The molecule has 0 fully saturated rings. The summed E-state index contributed by atoms with van der Waals surface area (Å²) in [5.74, 6) is 0. The average molecular weight is 316 g/mol. The van der Waals surface area contributed by atoms with Crippen LogP contribution < -0.4 is 10.6 Å². The lowest BCUT2D eigenvalue weighted by atomic mass is 10.1. The van der Waals surface area contributed by atoms with Gasteiger partial charge in [0.1, 0.15) is 11.0 Å². The van der Waals surface area contributed by atoms with Crippen LogP contribution in [0.2, 0.25) is 5.02 Å². The maximum atomic E-state index is 12.1. The molecular weight excluding hydrogens is 302 g/mol. The Labute approximate surface area is 131 Å². The molecule has 3 N–H and O–H groups in total. The van der Waals surface area contributed by atoms with Crippen LogP contribution in [-0.4, -0.2) is 21.4 Å². The Morgan fingerprint density at radius 2 is 2.00 bits per heavy atom. The maximum Gasteiger partial charge on any atom is 0.319 e. The van der Waals surface area contributed by atoms with E-state index < -0.39 is 0 Å². The van der Waals surface area contributed by atoms with Crippen LogP contribution in [0.1, 0.15) is 18.5 Å². The second-order valence-electron chi connectivity index (χ2n) is 4.90. The minimum Gasteiger partial charge on any atom is -0.331 e. The fraction of sp³-hybridized carbons (Fsp3) is 0.133. The van der Waals surface area contributed by atoms with E-state index in [0.717, 1.165) is 11.1 Å². The number of benzene rings is 2. The molecule has 1 heterocycles. The van der Waals surface area contributed by atoms with Gasteiger partial charge in [0.25, 0.3) is 0 Å². The topological polar surface area (TPSA) is 82.7 Å². The molecule has 0 aliphatic carbocycles. The number of anilines is 1. The fourth-order valence-corrected chi connectivity index (χ4v) is 2.34. The standard InChI is InChI=1S/C15H14ClN5O/c1-9(10-3-2-4-11(16)7-10)17-15(22)18-12-5-6-13-14(8-12)20-21-19-13/h2-9H,1H3,(H2,17,18,22)(H,19,20,21)/t9-/m1/s1. The highest BCUT2D eigenvalue weighted by Crippen LogP contribution is 2.18. The first kappa shape index (κ1) is 14.3. The van der Waals surface area contributed by atoms with E-state index in [9.17, 15) is 4.79 Å². The van der Waals surface area contributed by atoms with Crippen LogP contribution >= 0.6 is 11.6 Å². The van der Waals surface area contributed by atoms with Gasteiger partial charge in [0.05, 0.1) is 6.04 Å². The number of rotatable bonds is 3. The number of aromatic nitrogens is 3. The lowest BCUT2D eigenvalue weighted by Gasteiger charge is -2.15. The number of nitrogens with one attached hydrogen (secondary N) is 3. The number of carbonyl (C=O) groups is 1. The molecule has 3 rings (SSSR count). The van der Waals surface area contributed by atoms with Crippen LogP contribution in [0.3, 0.4) is 0 Å². The van der Waals surface area contributed by atoms with Crippen LogP contribution in [0.4, 0.5) is 10.5 Å². The predicted octanol–water partition coefficient (Wildman–Crippen LogP) is 3.49. The van der Waals surface area contributed by atoms with Gasteiger partial charge >= 0.3 is 6.03 Å². The van der Waals surface area contributed by atoms with Gasteiger partial charge in [-0.3, -0.25) is 0 Å². The maximum absolute atomic E-state index is 12.1. The average Bonchev–Trinajstić information content (AvgIpc) is 2.94. The minimum atomic E-state index is -0.296. The zero-order chi connectivity index (χ0) is 15.5. The number of fused-ring (bicyclic) bond motifs is 1. The normalized spacial score (nSPS) is 12.1. The van der Waals surface area contributed by atoms with Crippen molar-refractivity contribution >= 4 is 34.4 Å². The summed E-state index contributed by atoms with van der Waals surface area (Å²) < 4.78 is 0. The molecule has 1 atom stereocenters. The Morgan fingerprint density at radius 1 is 1.18 bits per heavy atom. The highest BCUT2D eigenvalue weighted by molar-refractivity contribution is 6.30. The third kappa shape index (κ3) is 3.17. The Hall–Kier alpha value is -2.60. The number of nitrogens with zero attached hydrogens (tertiary/aromatic N) is 2. The van der Waals surface area contributed by atoms with Gasteiger partial charge in [-0.2, -0.15) is 15.4 Å². The van der Waals surface area contributed by atoms with Crippen molar-refractivity contribution in [2.75, 3.05) is 5.32 Å². The summed E-state index contributed by atoms with van der Waals surface area (Å²) in [5, 5.41) is 16.8. The monoisotopic (exact) mass is 315 g/mol. The molecular formula is C15H14ClN5O. The molecule has 1 aromatic heterocycles. The van der Waals surface area contributed by atoms with Crippen molar-refractivity contribution in [2.24, 2.45) is 0 Å². The predicted molar refractivity (Wildman–Crippen MR) is 85.9 cm³/mol. The molecule has 7 heteroatoms. The molecule has 22 heavy (non-hydrogen) atoms. The van der Waals surface area contributed by atoms with Crippen LogP contribution in [0.5, 0.6) is 0 Å². The lowest BCUT2D eigenvalue weighted by molar-refractivity contribution is 0.249. The second-order valence-corrected chi connectivity index (χ2v) is 5.34. The number of H-pyrrole nitrogens is 1. The van der Waals surface area contributed by atoms with Crippen molar-refractivity contribution in [2.45, 2.75) is 13.0 Å². The Bertz CT molecular complexity index is 816. The molecule has 0 aliphatic heterocycles. The number of halogens is 1. The third-order valence-electron chi connectivity index (χ3n) is 3.27. The lowest BCUT2D eigenvalue weighted by Crippen LogP contribution is -2.31. The number of amides is 2. The van der Waals surface area contributed by atoms with Crippen molar-refractivity contribution in [3.8, 4) is 0 Å². The molecule has 0 saturated carbocycles. The van der Waals surface area contributed by atoms with E-state index in [2.05, 4.69) is 26.0 Å². The molecule has 6 nitrogen and oxygen atoms in total. The second kappa shape index (κ2) is 6.03. The minimum absolute atomic E-state index is 0.158. The van der Waals surface area contributed by atoms with E-state index in [0.29, 0.717) is 16.2 Å². The van der Waals surface area contributed by atoms with E-state index in [4.69, 9.17) is 11.6 Å². The number of aromatic amines is 1. The van der Waals surface area contributed by atoms with Gasteiger partial charge < -0.3 is 10.6 Å². The Kier molecular flexibility index (Phi) is 3.93. The summed E-state index contributed by atoms with van der Waals surface area (Å²) in [4.78, 5) is 12.1. The van der Waals surface area contributed by atoms with Gasteiger partial charge in [-0.25, -0.2) is 4.79 Å². The molecule has 0 bridgehead atoms. The molecule has 2 aromatic carbocycles. The van der Waals surface area contributed by atoms with Gasteiger partial charge in [0.2, 0.25) is 0 Å². The van der Waals surface area contributed by atoms with E-state index in [1.54, 1.807) is 24.3 Å². The smallest absolute Gasteiger partial charge is 0.319 e. The van der Waals surface area contributed by atoms with Gasteiger partial charge in [-0.05, 0) is 42.8 Å². The zero-order valence-corrected chi connectivity index (χ0v) is 12.6. The van der Waals surface area contributed by atoms with Crippen LogP contribution in [0.15, 0.2) is 42.5 Å². The van der Waals surface area contributed by atoms with Gasteiger partial charge in [-0.1, -0.05) is 23.7 Å². The summed E-state index contributed by atoms with van der Waals surface area (Å²) in [6.07, 6.45) is 0. The first-order valence-corrected chi connectivity index (χ1v) is 7.13. The van der Waals surface area contributed by atoms with Gasteiger partial charge in [0.15, 0.2) is 0 Å². The number of hydrogen-bond acceptors (Lipinski definition) is 3. The van der Waals surface area contributed by atoms with Crippen molar-refractivity contribution in [1.29, 1.82) is 0 Å². The SMILES string of the molecule is C[C@@H](NC(=O)Nc1ccc2n[nH]nc2c1)c1cccc(Cl)c1. The molecule has 0 saturated heterocycles. The molecule has 3 aromatic rings. The van der Waals surface area contributed by atoms with E-state index >= 15 is 0 Å². The van der Waals surface area contributed by atoms with Gasteiger partial charge in [0, 0.05) is 10.7 Å². The van der Waals surface area contributed by atoms with Crippen LogP contribution in [0, 0.1) is 0 Å². The highest BCUT2D eigenvalue weighted by atomic mass is 35.5. The molecule has 0 unspecified atom stereocenters. The van der Waals surface area contributed by atoms with Crippen molar-refractivity contribution in [3.63, 3.8) is 0 Å². The summed E-state index contributed by atoms with van der Waals surface area (Å²) in [5.41, 5.74) is 3.03. The summed E-state index contributed by atoms with van der Waals surface area (Å²) in [6, 6.07) is 12.2. The van der Waals surface area contributed by atoms with Gasteiger partial charge in [-0.15, -0.1) is 0 Å². The van der Waals surface area contributed by atoms with Crippen LogP contribution in [0.25, 0.3) is 11.0 Å². The largest absolute Gasteiger partial charge is 0.331 e. The van der Waals surface area contributed by atoms with E-state index in [-0.39, 0.29) is 12.1 Å². The number of urea groups is 1. The summed E-state index contributed by atoms with van der Waals surface area (Å²) >= 11 is 5.96. The first-order chi connectivity index (χ1) is 10.6.